The molecule has 3 saturated carbocycles. The maximum atomic E-state index is 15.2. The number of esters is 1. The maximum Gasteiger partial charge on any atom is 0.524 e. The Morgan fingerprint density at radius 3 is 2.41 bits per heavy atom. The molecular formula is C42H49N2O11P. The van der Waals surface area contributed by atoms with E-state index in [0.717, 1.165) is 11.1 Å². The number of hydrogen-bond acceptors (Lipinski definition) is 11. The fraction of sp³-hybridized carbons (Fsp3) is 0.500. The van der Waals surface area contributed by atoms with Crippen LogP contribution in [0, 0.1) is 29.1 Å². The third kappa shape index (κ3) is 5.79. The van der Waals surface area contributed by atoms with Crippen LogP contribution in [0.4, 0.5) is 0 Å². The van der Waals surface area contributed by atoms with Crippen LogP contribution in [0.5, 0.6) is 17.2 Å². The molecular weight excluding hydrogens is 739 g/mol. The van der Waals surface area contributed by atoms with Crippen LogP contribution >= 0.6 is 7.82 Å². The molecule has 4 heterocycles. The van der Waals surface area contributed by atoms with E-state index < -0.39 is 53.9 Å². The highest BCUT2D eigenvalue weighted by atomic mass is 31.2. The van der Waals surface area contributed by atoms with Crippen molar-refractivity contribution in [2.24, 2.45) is 23.5 Å². The molecule has 1 aromatic carbocycles. The zero-order valence-electron chi connectivity index (χ0n) is 33.2. The molecule has 0 aromatic heterocycles. The van der Waals surface area contributed by atoms with Gasteiger partial charge in [-0.2, -0.15) is 5.26 Å². The van der Waals surface area contributed by atoms with Crippen LogP contribution in [-0.2, 0) is 34.8 Å². The number of phosphoric ester groups is 1. The summed E-state index contributed by atoms with van der Waals surface area (Å²) in [4.78, 5) is 48.7. The van der Waals surface area contributed by atoms with Crippen molar-refractivity contribution in [3.05, 3.63) is 74.7 Å². The number of carbonyl (C=O) groups is 2. The molecule has 4 fully saturated rings. The van der Waals surface area contributed by atoms with Gasteiger partial charge >= 0.3 is 13.8 Å². The molecule has 56 heavy (non-hydrogen) atoms. The first-order valence-electron chi connectivity index (χ1n) is 18.8. The summed E-state index contributed by atoms with van der Waals surface area (Å²) in [6.45, 7) is 15.2. The van der Waals surface area contributed by atoms with Crippen LogP contribution in [-0.4, -0.2) is 51.1 Å². The van der Waals surface area contributed by atoms with Crippen LogP contribution in [0.15, 0.2) is 58.1 Å². The van der Waals surface area contributed by atoms with E-state index in [4.69, 9.17) is 33.9 Å². The molecule has 1 aromatic rings. The minimum Gasteiger partial charge on any atom is -0.482 e. The van der Waals surface area contributed by atoms with E-state index in [9.17, 15) is 24.4 Å². The Bertz CT molecular complexity index is 2240. The number of Topliss-reactive ketones (excluding diaryl/α,β-unsaturated/α-hetero) is 1. The molecule has 6 unspecified atom stereocenters. The molecule has 14 heteroatoms. The van der Waals surface area contributed by atoms with Gasteiger partial charge in [0, 0.05) is 40.9 Å². The van der Waals surface area contributed by atoms with Crippen LogP contribution in [0.2, 0.25) is 0 Å². The lowest BCUT2D eigenvalue weighted by Crippen LogP contribution is -2.75. The highest BCUT2D eigenvalue weighted by Crippen LogP contribution is 2.74. The number of methoxy groups -OCH3 is 1. The predicted octanol–water partition coefficient (Wildman–Crippen LogP) is 7.04. The number of ether oxygens (including phenoxy) is 5. The Morgan fingerprint density at radius 1 is 1.09 bits per heavy atom. The number of phosphoric acid groups is 1. The van der Waals surface area contributed by atoms with Gasteiger partial charge < -0.3 is 33.9 Å². The van der Waals surface area contributed by atoms with Gasteiger partial charge in [0.25, 0.3) is 0 Å². The van der Waals surface area contributed by atoms with Crippen LogP contribution < -0.4 is 19.7 Å². The van der Waals surface area contributed by atoms with Crippen molar-refractivity contribution in [2.45, 2.75) is 110 Å². The number of carbonyl (C=O) groups excluding carboxylic acids is 2. The quantitative estimate of drug-likeness (QED) is 0.0946. The summed E-state index contributed by atoms with van der Waals surface area (Å²) in [5.41, 5.74) is 5.03. The number of benzene rings is 1. The van der Waals surface area contributed by atoms with Gasteiger partial charge in [0.2, 0.25) is 5.88 Å². The zero-order chi connectivity index (χ0) is 40.9. The highest BCUT2D eigenvalue weighted by molar-refractivity contribution is 7.46. The molecule has 0 amide bonds. The molecule has 1 spiro atoms. The van der Waals surface area contributed by atoms with Crippen molar-refractivity contribution in [1.82, 2.24) is 0 Å². The SMILES string of the molecule is COC(=O)/C(C)=C\CC12OC(C)(C)C3CC(C1=O)C1C(C#N)=C(N)OC4=C1C32Oc1c(CC=C(C)C)c2c(c(OP(=O)(O)O)c14)C=CC(C)(CCC=C(C)C)O2. The average molecular weight is 789 g/mol. The number of fused-ring (bicyclic) bond motifs is 3. The van der Waals surface area contributed by atoms with E-state index in [2.05, 4.69) is 12.1 Å². The van der Waals surface area contributed by atoms with E-state index in [-0.39, 0.29) is 70.5 Å². The van der Waals surface area contributed by atoms with Crippen molar-refractivity contribution in [2.75, 3.05) is 7.11 Å². The van der Waals surface area contributed by atoms with Gasteiger partial charge in [-0.1, -0.05) is 29.4 Å². The van der Waals surface area contributed by atoms with Gasteiger partial charge in [0.1, 0.15) is 34.5 Å². The summed E-state index contributed by atoms with van der Waals surface area (Å²) in [5.74, 6) is -3.12. The molecule has 7 aliphatic rings. The van der Waals surface area contributed by atoms with Crippen LogP contribution in [0.3, 0.4) is 0 Å². The monoisotopic (exact) mass is 788 g/mol. The average Bonchev–Trinajstić information content (AvgIpc) is 3.25. The molecule has 13 nitrogen and oxygen atoms in total. The molecule has 4 N–H and O–H groups in total. The Morgan fingerprint density at radius 2 is 1.79 bits per heavy atom. The number of hydrogen-bond donors (Lipinski definition) is 3. The van der Waals surface area contributed by atoms with Gasteiger partial charge in [-0.15, -0.1) is 0 Å². The topological polar surface area (TPSA) is 197 Å². The predicted molar refractivity (Wildman–Crippen MR) is 206 cm³/mol. The summed E-state index contributed by atoms with van der Waals surface area (Å²) >= 11 is 0. The summed E-state index contributed by atoms with van der Waals surface area (Å²) in [6.07, 6.45) is 11.0. The maximum absolute atomic E-state index is 15.2. The second-order valence-electron chi connectivity index (χ2n) is 16.8. The lowest BCUT2D eigenvalue weighted by molar-refractivity contribution is -0.181. The molecule has 4 bridgehead atoms. The third-order valence-electron chi connectivity index (χ3n) is 12.1. The highest BCUT2D eigenvalue weighted by Gasteiger charge is 2.84. The van der Waals surface area contributed by atoms with Crippen LogP contribution in [0.1, 0.15) is 97.8 Å². The van der Waals surface area contributed by atoms with Crippen molar-refractivity contribution in [1.29, 1.82) is 5.26 Å². The first-order valence-corrected chi connectivity index (χ1v) is 20.3. The third-order valence-corrected chi connectivity index (χ3v) is 12.5. The number of ketones is 1. The van der Waals surface area contributed by atoms with Gasteiger partial charge in [-0.05, 0) is 93.2 Å². The first kappa shape index (κ1) is 39.6. The summed E-state index contributed by atoms with van der Waals surface area (Å²) < 4.78 is 51.2. The first-order chi connectivity index (χ1) is 26.1. The molecule has 0 radical (unpaired) electrons. The lowest BCUT2D eigenvalue weighted by Gasteiger charge is -2.61. The Kier molecular flexibility index (Phi) is 9.37. The van der Waals surface area contributed by atoms with E-state index in [1.807, 2.05) is 60.6 Å². The van der Waals surface area contributed by atoms with Gasteiger partial charge in [-0.3, -0.25) is 14.6 Å². The number of nitrogens with two attached hydrogens (primary N) is 1. The van der Waals surface area contributed by atoms with E-state index >= 15 is 4.79 Å². The van der Waals surface area contributed by atoms with E-state index in [0.29, 0.717) is 29.7 Å². The van der Waals surface area contributed by atoms with Gasteiger partial charge in [-0.25, -0.2) is 9.36 Å². The minimum absolute atomic E-state index is 0.0436. The van der Waals surface area contributed by atoms with Gasteiger partial charge in [0.05, 0.1) is 23.8 Å². The standard InChI is InChI=1S/C42H49N2O11P/c1-21(2)11-10-16-40(8)17-15-25-32(52-40)24(13-12-22(3)4)33-30(34(25)54-56(47,48)49)35-31-29(27(20-43)37(44)51-35)26-19-28-39(6,7)55-41(36(26)45,42(28,31)53-33)18-14-23(5)38(46)50-9/h11-12,14-15,17,26,28-29H,10,13,16,18-19,44H2,1-9H3,(H2,47,48,49)/b23-14-. The Balaban J connectivity index is 1.59. The second kappa shape index (κ2) is 13.2. The molecule has 3 aliphatic carbocycles. The minimum atomic E-state index is -5.27. The largest absolute Gasteiger partial charge is 0.524 e. The number of nitriles is 1. The number of allylic oxidation sites excluding steroid dienone is 5. The van der Waals surface area contributed by atoms with E-state index in [1.54, 1.807) is 19.1 Å². The van der Waals surface area contributed by atoms with Crippen molar-refractivity contribution >= 4 is 31.4 Å². The molecule has 1 saturated heterocycles. The Labute approximate surface area is 326 Å². The van der Waals surface area contributed by atoms with E-state index in [1.165, 1.54) is 7.11 Å². The van der Waals surface area contributed by atoms with Crippen LogP contribution in [0.25, 0.3) is 11.8 Å². The second-order valence-corrected chi connectivity index (χ2v) is 18.0. The summed E-state index contributed by atoms with van der Waals surface area (Å²) in [7, 11) is -3.99. The molecule has 4 aliphatic heterocycles. The zero-order valence-corrected chi connectivity index (χ0v) is 34.1. The summed E-state index contributed by atoms with van der Waals surface area (Å²) in [6, 6.07) is 2.18. The summed E-state index contributed by atoms with van der Waals surface area (Å²) in [5, 5.41) is 10.5. The van der Waals surface area contributed by atoms with Crippen molar-refractivity contribution < 1.29 is 52.1 Å². The van der Waals surface area contributed by atoms with Gasteiger partial charge in [0.15, 0.2) is 22.7 Å². The van der Waals surface area contributed by atoms with Crippen molar-refractivity contribution in [3.63, 3.8) is 0 Å². The lowest BCUT2D eigenvalue weighted by atomic mass is 9.45. The smallest absolute Gasteiger partial charge is 0.482 e. The normalized spacial score (nSPS) is 30.2. The number of nitrogens with zero attached hydrogens (tertiary/aromatic N) is 1. The van der Waals surface area contributed by atoms with Crippen molar-refractivity contribution in [3.8, 4) is 23.3 Å². The fourth-order valence-corrected chi connectivity index (χ4v) is 10.2. The molecule has 298 valence electrons. The Hall–Kier alpha value is -4.60. The number of rotatable bonds is 10. The molecule has 8 rings (SSSR count). The molecule has 6 atom stereocenters. The fourth-order valence-electron chi connectivity index (χ4n) is 9.74.